The molecule has 2 aromatic rings. The Bertz CT molecular complexity index is 649. The Labute approximate surface area is 110 Å². The smallest absolute Gasteiger partial charge is 0.270 e. The molecular weight excluding hydrogens is 242 g/mol. The lowest BCUT2D eigenvalue weighted by Crippen LogP contribution is -2.28. The molecule has 0 atom stereocenters. The molecule has 0 aliphatic carbocycles. The summed E-state index contributed by atoms with van der Waals surface area (Å²) in [7, 11) is 1.68. The first-order chi connectivity index (χ1) is 9.06. The van der Waals surface area contributed by atoms with E-state index in [1.54, 1.807) is 19.2 Å². The zero-order chi connectivity index (χ0) is 13.8. The van der Waals surface area contributed by atoms with Crippen LogP contribution in [0.4, 0.5) is 0 Å². The van der Waals surface area contributed by atoms with Crippen LogP contribution in [0.25, 0.3) is 0 Å². The fraction of sp³-hybridized carbons (Fsp3) is 0.214. The summed E-state index contributed by atoms with van der Waals surface area (Å²) >= 11 is 0. The van der Waals surface area contributed by atoms with E-state index in [1.807, 2.05) is 25.1 Å². The number of H-pyrrole nitrogens is 1. The highest BCUT2D eigenvalue weighted by atomic mass is 16.2. The van der Waals surface area contributed by atoms with Crippen LogP contribution in [0, 0.1) is 6.92 Å². The minimum absolute atomic E-state index is 0.235. The number of carbonyl (C=O) groups is 1. The first-order valence-corrected chi connectivity index (χ1v) is 5.93. The third-order valence-electron chi connectivity index (χ3n) is 2.69. The van der Waals surface area contributed by atoms with E-state index < -0.39 is 0 Å². The van der Waals surface area contributed by atoms with Crippen molar-refractivity contribution in [1.82, 2.24) is 14.9 Å². The van der Waals surface area contributed by atoms with Crippen LogP contribution in [0.3, 0.4) is 0 Å². The van der Waals surface area contributed by atoms with E-state index >= 15 is 0 Å². The number of hydrogen-bond donors (Lipinski definition) is 1. The number of aryl methyl sites for hydroxylation is 1. The van der Waals surface area contributed by atoms with Crippen LogP contribution < -0.4 is 5.56 Å². The third kappa shape index (κ3) is 3.28. The second-order valence-electron chi connectivity index (χ2n) is 4.36. The average Bonchev–Trinajstić information content (AvgIpc) is 2.38. The Hall–Kier alpha value is -2.43. The summed E-state index contributed by atoms with van der Waals surface area (Å²) in [5.41, 5.74) is 1.72. The Balaban J connectivity index is 2.14. The molecule has 0 spiro atoms. The molecule has 19 heavy (non-hydrogen) atoms. The summed E-state index contributed by atoms with van der Waals surface area (Å²) in [6, 6.07) is 10.2. The van der Waals surface area contributed by atoms with Gasteiger partial charge in [0.05, 0.1) is 12.2 Å². The standard InChI is InChI=1S/C14H15N3O2/c1-10-5-3-6-11(15-10)9-17(2)14(19)12-7-4-8-13(18)16-12/h3-8H,9H2,1-2H3,(H,16,18). The van der Waals surface area contributed by atoms with Crippen molar-refractivity contribution in [2.75, 3.05) is 7.05 Å². The van der Waals surface area contributed by atoms with E-state index in [0.717, 1.165) is 11.4 Å². The maximum Gasteiger partial charge on any atom is 0.270 e. The lowest BCUT2D eigenvalue weighted by atomic mass is 10.2. The molecule has 1 N–H and O–H groups in total. The number of amides is 1. The molecule has 0 unspecified atom stereocenters. The fourth-order valence-corrected chi connectivity index (χ4v) is 1.78. The van der Waals surface area contributed by atoms with Gasteiger partial charge in [-0.25, -0.2) is 0 Å². The maximum atomic E-state index is 12.1. The Morgan fingerprint density at radius 3 is 2.68 bits per heavy atom. The molecule has 5 nitrogen and oxygen atoms in total. The van der Waals surface area contributed by atoms with Crippen molar-refractivity contribution >= 4 is 5.91 Å². The molecule has 5 heteroatoms. The summed E-state index contributed by atoms with van der Waals surface area (Å²) in [5, 5.41) is 0. The number of hydrogen-bond acceptors (Lipinski definition) is 3. The van der Waals surface area contributed by atoms with E-state index in [4.69, 9.17) is 0 Å². The summed E-state index contributed by atoms with van der Waals surface area (Å²) < 4.78 is 0. The van der Waals surface area contributed by atoms with Gasteiger partial charge < -0.3 is 9.88 Å². The topological polar surface area (TPSA) is 66.1 Å². The summed E-state index contributed by atoms with van der Waals surface area (Å²) in [4.78, 5) is 31.7. The largest absolute Gasteiger partial charge is 0.335 e. The van der Waals surface area contributed by atoms with Crippen molar-refractivity contribution < 1.29 is 4.79 Å². The van der Waals surface area contributed by atoms with Gasteiger partial charge in [0.25, 0.3) is 5.91 Å². The number of pyridine rings is 2. The minimum atomic E-state index is -0.284. The van der Waals surface area contributed by atoms with Crippen molar-refractivity contribution in [3.63, 3.8) is 0 Å². The lowest BCUT2D eigenvalue weighted by molar-refractivity contribution is 0.0777. The molecule has 0 saturated carbocycles. The predicted molar refractivity (Wildman–Crippen MR) is 71.8 cm³/mol. The molecule has 0 saturated heterocycles. The molecule has 98 valence electrons. The normalized spacial score (nSPS) is 10.2. The number of carbonyl (C=O) groups excluding carboxylic acids is 1. The average molecular weight is 257 g/mol. The highest BCUT2D eigenvalue weighted by Crippen LogP contribution is 2.05. The zero-order valence-corrected chi connectivity index (χ0v) is 10.9. The van der Waals surface area contributed by atoms with Gasteiger partial charge in [0, 0.05) is 18.8 Å². The summed E-state index contributed by atoms with van der Waals surface area (Å²) in [6.07, 6.45) is 0. The monoisotopic (exact) mass is 257 g/mol. The van der Waals surface area contributed by atoms with Crippen LogP contribution in [-0.2, 0) is 6.54 Å². The van der Waals surface area contributed by atoms with Gasteiger partial charge in [0.2, 0.25) is 5.56 Å². The first-order valence-electron chi connectivity index (χ1n) is 5.93. The number of nitrogens with one attached hydrogen (secondary N) is 1. The van der Waals surface area contributed by atoms with Gasteiger partial charge in [-0.2, -0.15) is 0 Å². The van der Waals surface area contributed by atoms with Crippen LogP contribution in [0.2, 0.25) is 0 Å². The van der Waals surface area contributed by atoms with Gasteiger partial charge in [0.1, 0.15) is 5.69 Å². The molecule has 0 fully saturated rings. The zero-order valence-electron chi connectivity index (χ0n) is 10.9. The minimum Gasteiger partial charge on any atom is -0.335 e. The van der Waals surface area contributed by atoms with E-state index in [-0.39, 0.29) is 17.2 Å². The molecule has 0 bridgehead atoms. The Morgan fingerprint density at radius 2 is 2.00 bits per heavy atom. The highest BCUT2D eigenvalue weighted by molar-refractivity contribution is 5.91. The van der Waals surface area contributed by atoms with Gasteiger partial charge in [-0.05, 0) is 25.1 Å². The molecule has 1 amide bonds. The molecule has 0 aliphatic rings. The first kappa shape index (κ1) is 13.0. The lowest BCUT2D eigenvalue weighted by Gasteiger charge is -2.16. The van der Waals surface area contributed by atoms with Crippen LogP contribution in [0.1, 0.15) is 21.9 Å². The molecule has 2 rings (SSSR count). The Kier molecular flexibility index (Phi) is 3.75. The van der Waals surface area contributed by atoms with Gasteiger partial charge in [-0.15, -0.1) is 0 Å². The number of aromatic nitrogens is 2. The second kappa shape index (κ2) is 5.48. The molecule has 0 aromatic carbocycles. The van der Waals surface area contributed by atoms with Gasteiger partial charge in [0.15, 0.2) is 0 Å². The molecule has 0 aliphatic heterocycles. The number of aromatic amines is 1. The van der Waals surface area contributed by atoms with Crippen molar-refractivity contribution in [3.8, 4) is 0 Å². The SMILES string of the molecule is Cc1cccc(CN(C)C(=O)c2cccc(=O)[nH]2)n1. The molecule has 0 radical (unpaired) electrons. The van der Waals surface area contributed by atoms with Crippen molar-refractivity contribution in [3.05, 3.63) is 63.8 Å². The molecule has 2 heterocycles. The van der Waals surface area contributed by atoms with Gasteiger partial charge >= 0.3 is 0 Å². The van der Waals surface area contributed by atoms with E-state index in [2.05, 4.69) is 9.97 Å². The van der Waals surface area contributed by atoms with Crippen molar-refractivity contribution in [2.24, 2.45) is 0 Å². The van der Waals surface area contributed by atoms with E-state index in [9.17, 15) is 9.59 Å². The summed E-state index contributed by atoms with van der Waals surface area (Å²) in [6.45, 7) is 2.30. The molecular formula is C14H15N3O2. The van der Waals surface area contributed by atoms with E-state index in [1.165, 1.54) is 11.0 Å². The predicted octanol–water partition coefficient (Wildman–Crippen LogP) is 1.35. The quantitative estimate of drug-likeness (QED) is 0.902. The van der Waals surface area contributed by atoms with Crippen LogP contribution >= 0.6 is 0 Å². The van der Waals surface area contributed by atoms with Crippen molar-refractivity contribution in [2.45, 2.75) is 13.5 Å². The van der Waals surface area contributed by atoms with Gasteiger partial charge in [-0.3, -0.25) is 14.6 Å². The van der Waals surface area contributed by atoms with Crippen LogP contribution in [0.5, 0.6) is 0 Å². The Morgan fingerprint density at radius 1 is 1.26 bits per heavy atom. The van der Waals surface area contributed by atoms with Crippen LogP contribution in [0.15, 0.2) is 41.2 Å². The molecule has 2 aromatic heterocycles. The van der Waals surface area contributed by atoms with Gasteiger partial charge in [-0.1, -0.05) is 12.1 Å². The maximum absolute atomic E-state index is 12.1. The van der Waals surface area contributed by atoms with Crippen molar-refractivity contribution in [1.29, 1.82) is 0 Å². The van der Waals surface area contributed by atoms with E-state index in [0.29, 0.717) is 6.54 Å². The van der Waals surface area contributed by atoms with Crippen LogP contribution in [-0.4, -0.2) is 27.8 Å². The third-order valence-corrected chi connectivity index (χ3v) is 2.69. The highest BCUT2D eigenvalue weighted by Gasteiger charge is 2.13. The summed E-state index contributed by atoms with van der Waals surface area (Å²) in [5.74, 6) is -0.235. The second-order valence-corrected chi connectivity index (χ2v) is 4.36. The number of rotatable bonds is 3. The number of nitrogens with zero attached hydrogens (tertiary/aromatic N) is 2. The fourth-order valence-electron chi connectivity index (χ4n) is 1.78.